The SMILES string of the molecule is CCSc1n[n+]2c(c(=O)[nH]1)-c1ccccc1N(C(C)=O)[C@@H]2c1ccc(OCc2ccccc2)c(Br)c1. The number of fused-ring (bicyclic) bond motifs is 3. The van der Waals surface area contributed by atoms with Gasteiger partial charge in [0, 0.05) is 17.6 Å². The first kappa shape index (κ1) is 24.3. The van der Waals surface area contributed by atoms with E-state index in [1.54, 1.807) is 9.58 Å². The van der Waals surface area contributed by atoms with Crippen molar-refractivity contribution >= 4 is 39.3 Å². The van der Waals surface area contributed by atoms with E-state index in [9.17, 15) is 9.59 Å². The van der Waals surface area contributed by atoms with Gasteiger partial charge in [-0.1, -0.05) is 61.2 Å². The van der Waals surface area contributed by atoms with Gasteiger partial charge in [-0.2, -0.15) is 0 Å². The number of carbonyl (C=O) groups excluding carboxylic acids is 1. The van der Waals surface area contributed by atoms with E-state index in [0.717, 1.165) is 21.4 Å². The Morgan fingerprint density at radius 2 is 1.89 bits per heavy atom. The Labute approximate surface area is 221 Å². The molecule has 1 aromatic heterocycles. The van der Waals surface area contributed by atoms with Crippen molar-refractivity contribution in [3.63, 3.8) is 0 Å². The first-order valence-corrected chi connectivity index (χ1v) is 13.3. The molecule has 1 amide bonds. The number of aromatic amines is 1. The van der Waals surface area contributed by atoms with Gasteiger partial charge < -0.3 is 4.74 Å². The number of H-pyrrole nitrogens is 1. The predicted octanol–water partition coefficient (Wildman–Crippen LogP) is 5.09. The molecule has 0 spiro atoms. The molecule has 0 radical (unpaired) electrons. The zero-order chi connectivity index (χ0) is 25.2. The molecule has 4 aromatic rings. The Balaban J connectivity index is 1.62. The highest BCUT2D eigenvalue weighted by atomic mass is 79.9. The summed E-state index contributed by atoms with van der Waals surface area (Å²) >= 11 is 5.08. The maximum atomic E-state index is 13.3. The number of halogens is 1. The van der Waals surface area contributed by atoms with Crippen LogP contribution in [0.5, 0.6) is 5.75 Å². The maximum absolute atomic E-state index is 13.3. The molecule has 1 N–H and O–H groups in total. The lowest BCUT2D eigenvalue weighted by Crippen LogP contribution is -2.60. The number of benzene rings is 3. The van der Waals surface area contributed by atoms with Gasteiger partial charge >= 0.3 is 11.3 Å². The molecular weight excluding hydrogens is 540 g/mol. The molecule has 0 bridgehead atoms. The Hall–Kier alpha value is -3.43. The van der Waals surface area contributed by atoms with Crippen molar-refractivity contribution in [2.24, 2.45) is 0 Å². The molecule has 5 rings (SSSR count). The van der Waals surface area contributed by atoms with E-state index in [1.807, 2.05) is 79.7 Å². The molecule has 2 heterocycles. The fourth-order valence-corrected chi connectivity index (χ4v) is 5.44. The number of hydrogen-bond donors (Lipinski definition) is 1. The van der Waals surface area contributed by atoms with Crippen molar-refractivity contribution in [2.45, 2.75) is 31.8 Å². The van der Waals surface area contributed by atoms with Gasteiger partial charge in [-0.05, 0) is 62.3 Å². The van der Waals surface area contributed by atoms with Gasteiger partial charge in [0.05, 0.1) is 15.7 Å². The second kappa shape index (κ2) is 10.3. The number of hydrogen-bond acceptors (Lipinski definition) is 5. The van der Waals surface area contributed by atoms with E-state index in [4.69, 9.17) is 9.84 Å². The quantitative estimate of drug-likeness (QED) is 0.261. The number of carbonyl (C=O) groups is 1. The van der Waals surface area contributed by atoms with Crippen LogP contribution in [0.2, 0.25) is 0 Å². The fourth-order valence-electron chi connectivity index (χ4n) is 4.34. The number of ether oxygens (including phenoxy) is 1. The van der Waals surface area contributed by atoms with E-state index in [2.05, 4.69) is 20.9 Å². The van der Waals surface area contributed by atoms with Crippen LogP contribution in [0, 0.1) is 0 Å². The maximum Gasteiger partial charge on any atom is 0.325 e. The van der Waals surface area contributed by atoms with Crippen molar-refractivity contribution in [2.75, 3.05) is 10.7 Å². The third-order valence-electron chi connectivity index (χ3n) is 5.87. The van der Waals surface area contributed by atoms with Crippen LogP contribution in [0.15, 0.2) is 87.2 Å². The van der Waals surface area contributed by atoms with E-state index in [-0.39, 0.29) is 11.5 Å². The van der Waals surface area contributed by atoms with Gasteiger partial charge in [-0.3, -0.25) is 14.6 Å². The largest absolute Gasteiger partial charge is 0.488 e. The molecular formula is C27H24BrN4O3S+. The molecule has 36 heavy (non-hydrogen) atoms. The molecule has 7 nitrogen and oxygen atoms in total. The van der Waals surface area contributed by atoms with Crippen LogP contribution in [-0.4, -0.2) is 21.7 Å². The van der Waals surface area contributed by atoms with Gasteiger partial charge in [0.25, 0.3) is 6.17 Å². The molecule has 1 aliphatic rings. The third kappa shape index (κ3) is 4.56. The summed E-state index contributed by atoms with van der Waals surface area (Å²) in [6.45, 7) is 3.95. The van der Waals surface area contributed by atoms with E-state index in [0.29, 0.717) is 34.5 Å². The molecule has 1 atom stereocenters. The monoisotopic (exact) mass is 563 g/mol. The summed E-state index contributed by atoms with van der Waals surface area (Å²) in [5.41, 5.74) is 3.34. The van der Waals surface area contributed by atoms with Gasteiger partial charge in [0.2, 0.25) is 11.1 Å². The standard InChI is InChI=1S/C27H23BrN4O3S/c1-3-36-27-29-25(34)24-20-11-7-8-12-22(20)31(17(2)33)26(32(24)30-27)19-13-14-23(21(28)15-19)35-16-18-9-5-4-6-10-18/h4-15,26H,3,16H2,1-2H3/p+1/t26-/m0/s1. The number of aromatic nitrogens is 3. The minimum absolute atomic E-state index is 0.155. The number of anilines is 1. The number of nitrogens with one attached hydrogen (secondary N) is 1. The zero-order valence-electron chi connectivity index (χ0n) is 19.8. The lowest BCUT2D eigenvalue weighted by atomic mass is 10.0. The predicted molar refractivity (Wildman–Crippen MR) is 143 cm³/mol. The number of nitrogens with zero attached hydrogens (tertiary/aromatic N) is 3. The Kier molecular flexibility index (Phi) is 6.93. The zero-order valence-corrected chi connectivity index (χ0v) is 22.2. The number of rotatable bonds is 6. The molecule has 0 unspecified atom stereocenters. The second-order valence-electron chi connectivity index (χ2n) is 8.23. The van der Waals surface area contributed by atoms with Crippen LogP contribution < -0.4 is 19.9 Å². The molecule has 1 aliphatic heterocycles. The van der Waals surface area contributed by atoms with E-state index < -0.39 is 6.17 Å². The lowest BCUT2D eigenvalue weighted by Gasteiger charge is -2.31. The molecule has 0 aliphatic carbocycles. The molecule has 3 aromatic carbocycles. The minimum Gasteiger partial charge on any atom is -0.488 e. The fraction of sp³-hybridized carbons (Fsp3) is 0.185. The Morgan fingerprint density at radius 3 is 2.61 bits per heavy atom. The summed E-state index contributed by atoms with van der Waals surface area (Å²) in [5, 5.41) is 5.27. The first-order chi connectivity index (χ1) is 17.5. The van der Waals surface area contributed by atoms with Crippen LogP contribution in [0.25, 0.3) is 11.3 Å². The highest BCUT2D eigenvalue weighted by Gasteiger charge is 2.45. The first-order valence-electron chi connectivity index (χ1n) is 11.5. The van der Waals surface area contributed by atoms with Crippen molar-refractivity contribution in [3.8, 4) is 17.0 Å². The van der Waals surface area contributed by atoms with Crippen LogP contribution in [0.3, 0.4) is 0 Å². The van der Waals surface area contributed by atoms with Gasteiger partial charge in [0.15, 0.2) is 0 Å². The topological polar surface area (TPSA) is 79.2 Å². The Morgan fingerprint density at radius 1 is 1.14 bits per heavy atom. The van der Waals surface area contributed by atoms with Crippen LogP contribution in [-0.2, 0) is 11.4 Å². The van der Waals surface area contributed by atoms with Gasteiger partial charge in [-0.15, -0.1) is 0 Å². The summed E-state index contributed by atoms with van der Waals surface area (Å²) in [6.07, 6.45) is -0.648. The van der Waals surface area contributed by atoms with Gasteiger partial charge in [-0.25, -0.2) is 4.90 Å². The van der Waals surface area contributed by atoms with E-state index in [1.165, 1.54) is 18.7 Å². The smallest absolute Gasteiger partial charge is 0.325 e. The van der Waals surface area contributed by atoms with Crippen molar-refractivity contribution in [3.05, 3.63) is 98.7 Å². The summed E-state index contributed by atoms with van der Waals surface area (Å²) in [4.78, 5) is 30.8. The average molecular weight is 564 g/mol. The highest BCUT2D eigenvalue weighted by molar-refractivity contribution is 9.10. The normalized spacial score (nSPS) is 14.2. The molecule has 9 heteroatoms. The minimum atomic E-state index is -0.648. The van der Waals surface area contributed by atoms with Crippen LogP contribution >= 0.6 is 27.7 Å². The lowest BCUT2D eigenvalue weighted by molar-refractivity contribution is -0.763. The third-order valence-corrected chi connectivity index (χ3v) is 7.24. The molecule has 182 valence electrons. The van der Waals surface area contributed by atoms with E-state index >= 15 is 0 Å². The molecule has 0 fully saturated rings. The molecule has 0 saturated heterocycles. The van der Waals surface area contributed by atoms with Crippen molar-refractivity contribution < 1.29 is 14.2 Å². The highest BCUT2D eigenvalue weighted by Crippen LogP contribution is 2.39. The summed E-state index contributed by atoms with van der Waals surface area (Å²) in [5.74, 6) is 1.27. The number of para-hydroxylation sites is 1. The number of thioether (sulfide) groups is 1. The summed E-state index contributed by atoms with van der Waals surface area (Å²) in [7, 11) is 0. The second-order valence-corrected chi connectivity index (χ2v) is 10.3. The summed E-state index contributed by atoms with van der Waals surface area (Å²) < 4.78 is 8.43. The summed E-state index contributed by atoms with van der Waals surface area (Å²) in [6, 6.07) is 23.0. The van der Waals surface area contributed by atoms with Crippen molar-refractivity contribution in [1.29, 1.82) is 0 Å². The molecule has 0 saturated carbocycles. The van der Waals surface area contributed by atoms with Crippen molar-refractivity contribution in [1.82, 2.24) is 10.1 Å². The Bertz CT molecular complexity index is 1490. The van der Waals surface area contributed by atoms with Gasteiger partial charge in [0.1, 0.15) is 12.4 Å². The number of amides is 1. The van der Waals surface area contributed by atoms with Crippen LogP contribution in [0.4, 0.5) is 5.69 Å². The average Bonchev–Trinajstić information content (AvgIpc) is 2.87. The van der Waals surface area contributed by atoms with Crippen LogP contribution in [0.1, 0.15) is 31.1 Å².